The summed E-state index contributed by atoms with van der Waals surface area (Å²) in [6.07, 6.45) is 2.91. The van der Waals surface area contributed by atoms with Gasteiger partial charge in [0.05, 0.1) is 5.69 Å². The average Bonchev–Trinajstić information content (AvgIpc) is 3.43. The van der Waals surface area contributed by atoms with E-state index in [1.165, 1.54) is 11.3 Å². The van der Waals surface area contributed by atoms with E-state index in [2.05, 4.69) is 32.5 Å². The van der Waals surface area contributed by atoms with Crippen molar-refractivity contribution in [2.24, 2.45) is 5.92 Å². The first-order valence-electron chi connectivity index (χ1n) is 11.6. The Morgan fingerprint density at radius 1 is 1.24 bits per heavy atom. The third kappa shape index (κ3) is 4.84. The molecule has 10 heteroatoms. The zero-order valence-corrected chi connectivity index (χ0v) is 20.5. The number of rotatable bonds is 5. The Morgan fingerprint density at radius 2 is 2.06 bits per heavy atom. The summed E-state index contributed by atoms with van der Waals surface area (Å²) in [4.78, 5) is 37.2. The van der Waals surface area contributed by atoms with Crippen LogP contribution in [0.4, 0.5) is 0 Å². The Morgan fingerprint density at radius 3 is 2.88 bits per heavy atom. The van der Waals surface area contributed by atoms with E-state index in [0.717, 1.165) is 47.4 Å². The number of thiazole rings is 1. The third-order valence-corrected chi connectivity index (χ3v) is 8.11. The fraction of sp³-hybridized carbons (Fsp3) is 0.458. The molecule has 4 N–H and O–H groups in total. The second-order valence-corrected chi connectivity index (χ2v) is 10.8. The van der Waals surface area contributed by atoms with Gasteiger partial charge >= 0.3 is 0 Å². The second kappa shape index (κ2) is 9.65. The topological polar surface area (TPSA) is 110 Å². The summed E-state index contributed by atoms with van der Waals surface area (Å²) in [5.41, 5.74) is 2.29. The number of likely N-dealkylation sites (N-methyl/N-ethyl adjacent to an activating group) is 1. The van der Waals surface area contributed by atoms with Crippen LogP contribution in [0, 0.1) is 5.92 Å². The number of carbonyl (C=O) groups excluding carboxylic acids is 2. The van der Waals surface area contributed by atoms with Crippen molar-refractivity contribution in [2.75, 3.05) is 20.2 Å². The molecule has 2 aliphatic rings. The molecule has 0 bridgehead atoms. The standard InChI is InChI=1S/C24H28ClN5O3S/c1-30-7-6-18-21(11-30)34-24(29-18)23(33)28-19-8-13(12-31)2-4-17(19)27-22(32)20-10-14-9-15(25)3-5-16(14)26-20/h3,5,9-10,13,17,19,26,31H,2,4,6-8,11-12H2,1H3,(H,27,32)(H,28,33)/t13-,17?,19?/m0/s1. The van der Waals surface area contributed by atoms with E-state index in [-0.39, 0.29) is 36.4 Å². The Hall–Kier alpha value is -2.46. The van der Waals surface area contributed by atoms with Gasteiger partial charge in [0.25, 0.3) is 11.8 Å². The van der Waals surface area contributed by atoms with Gasteiger partial charge in [0.1, 0.15) is 5.69 Å². The summed E-state index contributed by atoms with van der Waals surface area (Å²) >= 11 is 7.51. The van der Waals surface area contributed by atoms with Crippen molar-refractivity contribution in [1.29, 1.82) is 0 Å². The number of hydrogen-bond acceptors (Lipinski definition) is 6. The van der Waals surface area contributed by atoms with Crippen LogP contribution in [-0.2, 0) is 13.0 Å². The van der Waals surface area contributed by atoms with Crippen molar-refractivity contribution in [3.05, 3.63) is 50.6 Å². The number of aliphatic hydroxyl groups excluding tert-OH is 1. The van der Waals surface area contributed by atoms with E-state index in [1.54, 1.807) is 12.1 Å². The maximum Gasteiger partial charge on any atom is 0.280 e. The molecule has 5 rings (SSSR count). The van der Waals surface area contributed by atoms with Crippen LogP contribution in [0.2, 0.25) is 5.02 Å². The highest BCUT2D eigenvalue weighted by atomic mass is 35.5. The highest BCUT2D eigenvalue weighted by molar-refractivity contribution is 7.13. The molecule has 2 unspecified atom stereocenters. The summed E-state index contributed by atoms with van der Waals surface area (Å²) in [6.45, 7) is 1.81. The van der Waals surface area contributed by atoms with E-state index in [4.69, 9.17) is 11.6 Å². The molecule has 1 saturated carbocycles. The minimum Gasteiger partial charge on any atom is -0.396 e. The quantitative estimate of drug-likeness (QED) is 0.429. The number of aliphatic hydroxyl groups is 1. The van der Waals surface area contributed by atoms with Crippen molar-refractivity contribution in [1.82, 2.24) is 25.5 Å². The first-order valence-corrected chi connectivity index (χ1v) is 12.8. The largest absolute Gasteiger partial charge is 0.396 e. The molecule has 1 aliphatic heterocycles. The Bertz CT molecular complexity index is 1220. The van der Waals surface area contributed by atoms with Crippen molar-refractivity contribution >= 4 is 45.7 Å². The molecule has 8 nitrogen and oxygen atoms in total. The molecule has 0 saturated heterocycles. The Kier molecular flexibility index (Phi) is 6.61. The zero-order valence-electron chi connectivity index (χ0n) is 18.9. The monoisotopic (exact) mass is 501 g/mol. The molecule has 2 amide bonds. The fourth-order valence-electron chi connectivity index (χ4n) is 4.88. The summed E-state index contributed by atoms with van der Waals surface area (Å²) in [6, 6.07) is 6.68. The smallest absolute Gasteiger partial charge is 0.280 e. The molecule has 1 aliphatic carbocycles. The molecule has 1 fully saturated rings. The number of fused-ring (bicyclic) bond motifs is 2. The summed E-state index contributed by atoms with van der Waals surface area (Å²) in [5.74, 6) is -0.358. The van der Waals surface area contributed by atoms with Gasteiger partial charge in [0.2, 0.25) is 0 Å². The molecule has 0 spiro atoms. The number of H-pyrrole nitrogens is 1. The lowest BCUT2D eigenvalue weighted by Gasteiger charge is -2.36. The van der Waals surface area contributed by atoms with Gasteiger partial charge in [-0.25, -0.2) is 4.98 Å². The van der Waals surface area contributed by atoms with Crippen LogP contribution in [-0.4, -0.2) is 64.1 Å². The lowest BCUT2D eigenvalue weighted by Crippen LogP contribution is -2.55. The minimum absolute atomic E-state index is 0.0632. The minimum atomic E-state index is -0.287. The van der Waals surface area contributed by atoms with Crippen LogP contribution in [0.25, 0.3) is 10.9 Å². The number of amides is 2. The molecule has 34 heavy (non-hydrogen) atoms. The molecule has 2 aromatic heterocycles. The molecular formula is C24H28ClN5O3S. The molecule has 0 radical (unpaired) electrons. The molecular weight excluding hydrogens is 474 g/mol. The van der Waals surface area contributed by atoms with Crippen LogP contribution in [0.1, 0.15) is 50.1 Å². The van der Waals surface area contributed by atoms with E-state index in [0.29, 0.717) is 28.6 Å². The Labute approximate surface area is 206 Å². The zero-order chi connectivity index (χ0) is 23.8. The number of halogens is 1. The van der Waals surface area contributed by atoms with E-state index in [1.807, 2.05) is 12.1 Å². The summed E-state index contributed by atoms with van der Waals surface area (Å²) in [7, 11) is 2.06. The molecule has 3 atom stereocenters. The Balaban J connectivity index is 1.30. The highest BCUT2D eigenvalue weighted by Crippen LogP contribution is 2.28. The number of aromatic nitrogens is 2. The fourth-order valence-corrected chi connectivity index (χ4v) is 6.15. The van der Waals surface area contributed by atoms with E-state index < -0.39 is 0 Å². The molecule has 180 valence electrons. The number of aromatic amines is 1. The first-order chi connectivity index (χ1) is 16.4. The van der Waals surface area contributed by atoms with Gasteiger partial charge < -0.3 is 25.6 Å². The van der Waals surface area contributed by atoms with Crippen molar-refractivity contribution in [3.8, 4) is 0 Å². The normalized spacial score (nSPS) is 23.0. The van der Waals surface area contributed by atoms with Crippen molar-refractivity contribution in [2.45, 2.75) is 44.3 Å². The van der Waals surface area contributed by atoms with Crippen molar-refractivity contribution in [3.63, 3.8) is 0 Å². The first kappa shape index (κ1) is 23.3. The van der Waals surface area contributed by atoms with Crippen LogP contribution in [0.5, 0.6) is 0 Å². The summed E-state index contributed by atoms with van der Waals surface area (Å²) < 4.78 is 0. The lowest BCUT2D eigenvalue weighted by molar-refractivity contribution is 0.0815. The number of carbonyl (C=O) groups is 2. The average molecular weight is 502 g/mol. The van der Waals surface area contributed by atoms with Gasteiger partial charge in [0.15, 0.2) is 5.01 Å². The van der Waals surface area contributed by atoms with Gasteiger partial charge in [-0.1, -0.05) is 11.6 Å². The second-order valence-electron chi connectivity index (χ2n) is 9.31. The number of nitrogens with one attached hydrogen (secondary N) is 3. The molecule has 1 aromatic carbocycles. The maximum absolute atomic E-state index is 13.1. The van der Waals surface area contributed by atoms with Crippen LogP contribution in [0.3, 0.4) is 0 Å². The van der Waals surface area contributed by atoms with E-state index in [9.17, 15) is 14.7 Å². The lowest BCUT2D eigenvalue weighted by atomic mass is 9.82. The third-order valence-electron chi connectivity index (χ3n) is 6.79. The SMILES string of the molecule is CN1CCc2nc(C(=O)NC3C[C@@H](CO)CCC3NC(=O)c3cc4cc(Cl)ccc4[nH]3)sc2C1. The van der Waals surface area contributed by atoms with Gasteiger partial charge in [-0.15, -0.1) is 11.3 Å². The maximum atomic E-state index is 13.1. The number of benzene rings is 1. The highest BCUT2D eigenvalue weighted by Gasteiger charge is 2.34. The van der Waals surface area contributed by atoms with Crippen LogP contribution >= 0.6 is 22.9 Å². The molecule has 3 heterocycles. The molecule has 3 aromatic rings. The number of nitrogens with zero attached hydrogens (tertiary/aromatic N) is 2. The van der Waals surface area contributed by atoms with Gasteiger partial charge in [-0.3, -0.25) is 9.59 Å². The predicted molar refractivity (Wildman–Crippen MR) is 132 cm³/mol. The van der Waals surface area contributed by atoms with Crippen LogP contribution < -0.4 is 10.6 Å². The summed E-state index contributed by atoms with van der Waals surface area (Å²) in [5, 5.41) is 17.8. The van der Waals surface area contributed by atoms with Crippen molar-refractivity contribution < 1.29 is 14.7 Å². The van der Waals surface area contributed by atoms with Gasteiger partial charge in [0, 0.05) is 59.0 Å². The van der Waals surface area contributed by atoms with Gasteiger partial charge in [-0.2, -0.15) is 0 Å². The van der Waals surface area contributed by atoms with Crippen LogP contribution in [0.15, 0.2) is 24.3 Å². The van der Waals surface area contributed by atoms with Gasteiger partial charge in [-0.05, 0) is 56.5 Å². The van der Waals surface area contributed by atoms with E-state index >= 15 is 0 Å². The number of hydrogen-bond donors (Lipinski definition) is 4. The predicted octanol–water partition coefficient (Wildman–Crippen LogP) is 2.96.